The monoisotopic (exact) mass is 196 g/mol. The quantitative estimate of drug-likeness (QED) is 0.761. The molecule has 0 aliphatic rings. The molecular weight excluding hydrogens is 188 g/mol. The summed E-state index contributed by atoms with van der Waals surface area (Å²) in [5, 5.41) is 10.4. The van der Waals surface area contributed by atoms with Gasteiger partial charge < -0.3 is 9.52 Å². The van der Waals surface area contributed by atoms with Gasteiger partial charge in [0, 0.05) is 5.39 Å². The van der Waals surface area contributed by atoms with E-state index in [2.05, 4.69) is 0 Å². The molecule has 0 radical (unpaired) electrons. The van der Waals surface area contributed by atoms with Crippen molar-refractivity contribution >= 4 is 22.6 Å². The van der Waals surface area contributed by atoms with Crippen LogP contribution in [-0.4, -0.2) is 5.11 Å². The number of hydrogen-bond acceptors (Lipinski definition) is 2. The third kappa shape index (κ3) is 1.32. The number of fused-ring (bicyclic) bond motifs is 1. The van der Waals surface area contributed by atoms with Crippen LogP contribution in [0.3, 0.4) is 0 Å². The van der Waals surface area contributed by atoms with Gasteiger partial charge in [0.15, 0.2) is 0 Å². The number of furan rings is 1. The lowest BCUT2D eigenvalue weighted by Crippen LogP contribution is -1.73. The summed E-state index contributed by atoms with van der Waals surface area (Å²) in [6.45, 7) is 1.85. The molecule has 0 aliphatic carbocycles. The topological polar surface area (TPSA) is 33.4 Å². The molecule has 0 saturated heterocycles. The molecule has 1 N–H and O–H groups in total. The number of benzene rings is 1. The first kappa shape index (κ1) is 8.60. The van der Waals surface area contributed by atoms with E-state index in [9.17, 15) is 0 Å². The van der Waals surface area contributed by atoms with Gasteiger partial charge >= 0.3 is 0 Å². The molecular formula is C10H9ClO2. The number of halogens is 1. The molecule has 0 fully saturated rings. The Hall–Kier alpha value is -0.990. The van der Waals surface area contributed by atoms with Gasteiger partial charge in [0.2, 0.25) is 0 Å². The highest BCUT2D eigenvalue weighted by atomic mass is 35.5. The minimum absolute atomic E-state index is 0.0928. The largest absolute Gasteiger partial charge is 0.458 e. The minimum atomic E-state index is -0.0928. The molecule has 13 heavy (non-hydrogen) atoms. The van der Waals surface area contributed by atoms with Gasteiger partial charge in [-0.1, -0.05) is 17.7 Å². The zero-order valence-electron chi connectivity index (χ0n) is 7.17. The van der Waals surface area contributed by atoms with Gasteiger partial charge in [-0.05, 0) is 24.6 Å². The van der Waals surface area contributed by atoms with E-state index < -0.39 is 0 Å². The Kier molecular flexibility index (Phi) is 2.02. The van der Waals surface area contributed by atoms with Crippen molar-refractivity contribution in [3.8, 4) is 0 Å². The van der Waals surface area contributed by atoms with E-state index in [1.54, 1.807) is 6.07 Å². The van der Waals surface area contributed by atoms with Crippen molar-refractivity contribution in [1.29, 1.82) is 0 Å². The standard InChI is InChI=1S/C10H9ClO2/c1-6-2-3-9(11)8-4-7(5-12)13-10(6)8/h2-4,12H,5H2,1H3. The molecule has 2 aromatic rings. The summed E-state index contributed by atoms with van der Waals surface area (Å²) in [5.74, 6) is 0.547. The van der Waals surface area contributed by atoms with Gasteiger partial charge in [0.1, 0.15) is 18.0 Å². The van der Waals surface area contributed by atoms with Crippen LogP contribution in [0.1, 0.15) is 11.3 Å². The molecule has 0 unspecified atom stereocenters. The maximum atomic E-state index is 8.88. The molecule has 1 aromatic carbocycles. The average Bonchev–Trinajstić information content (AvgIpc) is 2.56. The van der Waals surface area contributed by atoms with Crippen LogP contribution in [0.2, 0.25) is 5.02 Å². The molecule has 0 aliphatic heterocycles. The number of hydrogen-bond donors (Lipinski definition) is 1. The number of aryl methyl sites for hydroxylation is 1. The van der Waals surface area contributed by atoms with E-state index in [0.717, 1.165) is 16.5 Å². The molecule has 2 rings (SSSR count). The van der Waals surface area contributed by atoms with E-state index in [1.807, 2.05) is 19.1 Å². The molecule has 0 amide bonds. The second-order valence-electron chi connectivity index (χ2n) is 2.98. The summed E-state index contributed by atoms with van der Waals surface area (Å²) in [6.07, 6.45) is 0. The maximum Gasteiger partial charge on any atom is 0.138 e. The van der Waals surface area contributed by atoms with Gasteiger partial charge in [-0.25, -0.2) is 0 Å². The lowest BCUT2D eigenvalue weighted by atomic mass is 10.2. The Morgan fingerprint density at radius 2 is 2.23 bits per heavy atom. The van der Waals surface area contributed by atoms with Crippen molar-refractivity contribution in [2.24, 2.45) is 0 Å². The highest BCUT2D eigenvalue weighted by Gasteiger charge is 2.08. The second kappa shape index (κ2) is 3.05. The van der Waals surface area contributed by atoms with E-state index in [1.165, 1.54) is 0 Å². The molecule has 68 valence electrons. The summed E-state index contributed by atoms with van der Waals surface area (Å²) in [6, 6.07) is 5.50. The lowest BCUT2D eigenvalue weighted by molar-refractivity contribution is 0.251. The fourth-order valence-electron chi connectivity index (χ4n) is 1.35. The van der Waals surface area contributed by atoms with Crippen LogP contribution < -0.4 is 0 Å². The summed E-state index contributed by atoms with van der Waals surface area (Å²) in [5.41, 5.74) is 1.79. The van der Waals surface area contributed by atoms with Gasteiger partial charge in [-0.15, -0.1) is 0 Å². The van der Waals surface area contributed by atoms with Crippen molar-refractivity contribution in [1.82, 2.24) is 0 Å². The highest BCUT2D eigenvalue weighted by molar-refractivity contribution is 6.35. The molecule has 1 aromatic heterocycles. The zero-order chi connectivity index (χ0) is 9.42. The molecule has 0 spiro atoms. The van der Waals surface area contributed by atoms with Crippen molar-refractivity contribution in [2.45, 2.75) is 13.5 Å². The highest BCUT2D eigenvalue weighted by Crippen LogP contribution is 2.29. The van der Waals surface area contributed by atoms with Gasteiger partial charge in [-0.3, -0.25) is 0 Å². The number of aliphatic hydroxyl groups excluding tert-OH is 1. The Balaban J connectivity index is 2.80. The predicted molar refractivity (Wildman–Crippen MR) is 51.9 cm³/mol. The first-order valence-corrected chi connectivity index (χ1v) is 4.38. The van der Waals surface area contributed by atoms with Crippen LogP contribution in [0.15, 0.2) is 22.6 Å². The molecule has 0 bridgehead atoms. The first-order valence-electron chi connectivity index (χ1n) is 4.01. The Bertz CT molecular complexity index is 406. The van der Waals surface area contributed by atoms with Crippen LogP contribution in [0, 0.1) is 6.92 Å². The molecule has 0 saturated carbocycles. The van der Waals surface area contributed by atoms with Gasteiger partial charge in [-0.2, -0.15) is 0 Å². The molecule has 3 heteroatoms. The summed E-state index contributed by atoms with van der Waals surface area (Å²) in [4.78, 5) is 0. The van der Waals surface area contributed by atoms with Crippen LogP contribution in [0.5, 0.6) is 0 Å². The number of rotatable bonds is 1. The summed E-state index contributed by atoms with van der Waals surface area (Å²) < 4.78 is 5.39. The lowest BCUT2D eigenvalue weighted by Gasteiger charge is -1.95. The van der Waals surface area contributed by atoms with E-state index in [4.69, 9.17) is 21.1 Å². The average molecular weight is 197 g/mol. The van der Waals surface area contributed by atoms with Gasteiger partial charge in [0.05, 0.1) is 5.02 Å². The van der Waals surface area contributed by atoms with E-state index in [0.29, 0.717) is 10.8 Å². The third-order valence-electron chi connectivity index (χ3n) is 2.03. The normalized spacial score (nSPS) is 11.0. The number of aliphatic hydroxyl groups is 1. The first-order chi connectivity index (χ1) is 6.22. The third-order valence-corrected chi connectivity index (χ3v) is 2.36. The van der Waals surface area contributed by atoms with E-state index in [-0.39, 0.29) is 6.61 Å². The van der Waals surface area contributed by atoms with Gasteiger partial charge in [0.25, 0.3) is 0 Å². The van der Waals surface area contributed by atoms with Crippen LogP contribution in [-0.2, 0) is 6.61 Å². The summed E-state index contributed by atoms with van der Waals surface area (Å²) in [7, 11) is 0. The van der Waals surface area contributed by atoms with Crippen molar-refractivity contribution < 1.29 is 9.52 Å². The van der Waals surface area contributed by atoms with Crippen LogP contribution in [0.4, 0.5) is 0 Å². The van der Waals surface area contributed by atoms with Crippen LogP contribution >= 0.6 is 11.6 Å². The molecule has 2 nitrogen and oxygen atoms in total. The Morgan fingerprint density at radius 1 is 1.46 bits per heavy atom. The Labute approximate surface area is 80.7 Å². The fourth-order valence-corrected chi connectivity index (χ4v) is 1.56. The SMILES string of the molecule is Cc1ccc(Cl)c2cc(CO)oc12. The predicted octanol–water partition coefficient (Wildman–Crippen LogP) is 2.89. The Morgan fingerprint density at radius 3 is 2.85 bits per heavy atom. The molecule has 0 atom stereocenters. The summed E-state index contributed by atoms with van der Waals surface area (Å²) >= 11 is 5.96. The maximum absolute atomic E-state index is 8.88. The second-order valence-corrected chi connectivity index (χ2v) is 3.39. The van der Waals surface area contributed by atoms with Crippen molar-refractivity contribution in [2.75, 3.05) is 0 Å². The van der Waals surface area contributed by atoms with Crippen molar-refractivity contribution in [3.05, 3.63) is 34.5 Å². The zero-order valence-corrected chi connectivity index (χ0v) is 7.93. The smallest absolute Gasteiger partial charge is 0.138 e. The minimum Gasteiger partial charge on any atom is -0.458 e. The van der Waals surface area contributed by atoms with E-state index >= 15 is 0 Å². The fraction of sp³-hybridized carbons (Fsp3) is 0.200. The van der Waals surface area contributed by atoms with Crippen LogP contribution in [0.25, 0.3) is 11.0 Å². The molecule has 1 heterocycles. The van der Waals surface area contributed by atoms with Crippen molar-refractivity contribution in [3.63, 3.8) is 0 Å².